The van der Waals surface area contributed by atoms with Gasteiger partial charge in [0.2, 0.25) is 5.88 Å². The summed E-state index contributed by atoms with van der Waals surface area (Å²) in [6, 6.07) is 9.67. The molecule has 0 spiro atoms. The van der Waals surface area contributed by atoms with Crippen LogP contribution >= 0.6 is 15.9 Å². The molecule has 0 saturated heterocycles. The molecule has 14 heavy (non-hydrogen) atoms. The molecule has 1 heterocycles. The van der Waals surface area contributed by atoms with E-state index < -0.39 is 0 Å². The lowest BCUT2D eigenvalue weighted by Crippen LogP contribution is -1.87. The SMILES string of the molecule is Oc1ncc(-c2ccccc2)nc1Br. The molecular weight excluding hydrogens is 244 g/mol. The van der Waals surface area contributed by atoms with Crippen LogP contribution in [0.2, 0.25) is 0 Å². The molecule has 0 aliphatic rings. The van der Waals surface area contributed by atoms with Gasteiger partial charge in [0.1, 0.15) is 0 Å². The van der Waals surface area contributed by atoms with Gasteiger partial charge in [0.05, 0.1) is 11.9 Å². The van der Waals surface area contributed by atoms with E-state index in [4.69, 9.17) is 0 Å². The third kappa shape index (κ3) is 1.75. The van der Waals surface area contributed by atoms with Crippen LogP contribution in [0, 0.1) is 0 Å². The molecule has 3 nitrogen and oxygen atoms in total. The molecule has 0 aliphatic carbocycles. The fourth-order valence-corrected chi connectivity index (χ4v) is 1.40. The molecule has 0 atom stereocenters. The van der Waals surface area contributed by atoms with Crippen LogP contribution in [0.3, 0.4) is 0 Å². The van der Waals surface area contributed by atoms with Crippen molar-refractivity contribution in [1.82, 2.24) is 9.97 Å². The van der Waals surface area contributed by atoms with Crippen molar-refractivity contribution in [1.29, 1.82) is 0 Å². The molecule has 0 radical (unpaired) electrons. The highest BCUT2D eigenvalue weighted by atomic mass is 79.9. The van der Waals surface area contributed by atoms with Gasteiger partial charge in [0.25, 0.3) is 0 Å². The molecule has 0 bridgehead atoms. The quantitative estimate of drug-likeness (QED) is 0.847. The van der Waals surface area contributed by atoms with Crippen LogP contribution in [0.1, 0.15) is 0 Å². The van der Waals surface area contributed by atoms with Crippen LogP contribution in [-0.2, 0) is 0 Å². The van der Waals surface area contributed by atoms with Crippen molar-refractivity contribution in [2.45, 2.75) is 0 Å². The number of aromatic nitrogens is 2. The summed E-state index contributed by atoms with van der Waals surface area (Å²) in [5, 5.41) is 9.17. The summed E-state index contributed by atoms with van der Waals surface area (Å²) in [7, 11) is 0. The average molecular weight is 251 g/mol. The number of nitrogens with zero attached hydrogens (tertiary/aromatic N) is 2. The summed E-state index contributed by atoms with van der Waals surface area (Å²) in [5.74, 6) is -0.0929. The van der Waals surface area contributed by atoms with E-state index >= 15 is 0 Å². The third-order valence-corrected chi connectivity index (χ3v) is 2.31. The zero-order valence-corrected chi connectivity index (χ0v) is 8.77. The Morgan fingerprint density at radius 1 is 1.14 bits per heavy atom. The van der Waals surface area contributed by atoms with E-state index in [2.05, 4.69) is 25.9 Å². The molecule has 1 aromatic heterocycles. The summed E-state index contributed by atoms with van der Waals surface area (Å²) < 4.78 is 0.360. The zero-order chi connectivity index (χ0) is 9.97. The van der Waals surface area contributed by atoms with Crippen molar-refractivity contribution in [2.75, 3.05) is 0 Å². The topological polar surface area (TPSA) is 46.0 Å². The van der Waals surface area contributed by atoms with E-state index in [-0.39, 0.29) is 5.88 Å². The zero-order valence-electron chi connectivity index (χ0n) is 7.18. The summed E-state index contributed by atoms with van der Waals surface area (Å²) in [6.07, 6.45) is 1.54. The molecular formula is C10H7BrN2O. The minimum atomic E-state index is -0.0929. The van der Waals surface area contributed by atoms with E-state index in [0.717, 1.165) is 11.3 Å². The van der Waals surface area contributed by atoms with Crippen molar-refractivity contribution >= 4 is 15.9 Å². The highest BCUT2D eigenvalue weighted by Gasteiger charge is 2.03. The van der Waals surface area contributed by atoms with E-state index in [1.54, 1.807) is 0 Å². The fraction of sp³-hybridized carbons (Fsp3) is 0. The molecule has 1 N–H and O–H groups in total. The standard InChI is InChI=1S/C10H7BrN2O/c11-9-10(14)12-6-8(13-9)7-4-2-1-3-5-7/h1-6H,(H,12,14). The van der Waals surface area contributed by atoms with E-state index in [1.807, 2.05) is 30.3 Å². The second kappa shape index (κ2) is 3.75. The first-order valence-electron chi connectivity index (χ1n) is 4.04. The lowest BCUT2D eigenvalue weighted by Gasteiger charge is -2.00. The van der Waals surface area contributed by atoms with E-state index in [1.165, 1.54) is 6.20 Å². The molecule has 0 unspecified atom stereocenters. The van der Waals surface area contributed by atoms with Gasteiger partial charge in [-0.2, -0.15) is 0 Å². The Balaban J connectivity index is 2.48. The van der Waals surface area contributed by atoms with Crippen LogP contribution in [0.15, 0.2) is 41.1 Å². The molecule has 0 fully saturated rings. The van der Waals surface area contributed by atoms with Crippen molar-refractivity contribution < 1.29 is 5.11 Å². The largest absolute Gasteiger partial charge is 0.491 e. The molecule has 0 amide bonds. The highest BCUT2D eigenvalue weighted by molar-refractivity contribution is 9.10. The first-order chi connectivity index (χ1) is 6.77. The molecule has 2 aromatic rings. The van der Waals surface area contributed by atoms with Crippen LogP contribution in [0.4, 0.5) is 0 Å². The van der Waals surface area contributed by atoms with Crippen molar-refractivity contribution in [3.8, 4) is 17.1 Å². The lowest BCUT2D eigenvalue weighted by atomic mass is 10.2. The molecule has 4 heteroatoms. The van der Waals surface area contributed by atoms with Gasteiger partial charge in [-0.15, -0.1) is 0 Å². The highest BCUT2D eigenvalue weighted by Crippen LogP contribution is 2.22. The number of hydrogen-bond donors (Lipinski definition) is 1. The Labute approximate surface area is 89.6 Å². The number of benzene rings is 1. The van der Waals surface area contributed by atoms with Gasteiger partial charge in [0, 0.05) is 5.56 Å². The predicted octanol–water partition coefficient (Wildman–Crippen LogP) is 2.61. The van der Waals surface area contributed by atoms with Crippen LogP contribution in [-0.4, -0.2) is 15.1 Å². The summed E-state index contributed by atoms with van der Waals surface area (Å²) in [6.45, 7) is 0. The van der Waals surface area contributed by atoms with E-state index in [0.29, 0.717) is 4.60 Å². The maximum Gasteiger partial charge on any atom is 0.244 e. The second-order valence-electron chi connectivity index (χ2n) is 2.74. The number of halogens is 1. The van der Waals surface area contributed by atoms with Crippen molar-refractivity contribution in [3.05, 3.63) is 41.1 Å². The first kappa shape index (κ1) is 9.15. The van der Waals surface area contributed by atoms with Crippen LogP contribution < -0.4 is 0 Å². The third-order valence-electron chi connectivity index (χ3n) is 1.78. The number of hydrogen-bond acceptors (Lipinski definition) is 3. The number of rotatable bonds is 1. The minimum Gasteiger partial charge on any atom is -0.491 e. The summed E-state index contributed by atoms with van der Waals surface area (Å²) in [4.78, 5) is 7.95. The molecule has 70 valence electrons. The summed E-state index contributed by atoms with van der Waals surface area (Å²) in [5.41, 5.74) is 1.70. The monoisotopic (exact) mass is 250 g/mol. The minimum absolute atomic E-state index is 0.0929. The normalized spacial score (nSPS) is 10.1. The molecule has 0 aliphatic heterocycles. The fourth-order valence-electron chi connectivity index (χ4n) is 1.11. The molecule has 0 saturated carbocycles. The second-order valence-corrected chi connectivity index (χ2v) is 3.49. The van der Waals surface area contributed by atoms with Gasteiger partial charge in [0.15, 0.2) is 4.60 Å². The Hall–Kier alpha value is -1.42. The Bertz CT molecular complexity index is 445. The Morgan fingerprint density at radius 2 is 1.86 bits per heavy atom. The molecule has 2 rings (SSSR count). The average Bonchev–Trinajstić information content (AvgIpc) is 2.23. The smallest absolute Gasteiger partial charge is 0.244 e. The summed E-state index contributed by atoms with van der Waals surface area (Å²) >= 11 is 3.12. The van der Waals surface area contributed by atoms with Gasteiger partial charge in [-0.3, -0.25) is 0 Å². The van der Waals surface area contributed by atoms with Crippen molar-refractivity contribution in [2.24, 2.45) is 0 Å². The lowest BCUT2D eigenvalue weighted by molar-refractivity contribution is 0.446. The maximum atomic E-state index is 9.17. The van der Waals surface area contributed by atoms with Gasteiger partial charge in [-0.1, -0.05) is 30.3 Å². The van der Waals surface area contributed by atoms with Crippen molar-refractivity contribution in [3.63, 3.8) is 0 Å². The molecule has 1 aromatic carbocycles. The van der Waals surface area contributed by atoms with Gasteiger partial charge >= 0.3 is 0 Å². The van der Waals surface area contributed by atoms with Crippen LogP contribution in [0.5, 0.6) is 5.88 Å². The first-order valence-corrected chi connectivity index (χ1v) is 4.83. The predicted molar refractivity (Wildman–Crippen MR) is 56.8 cm³/mol. The Kier molecular flexibility index (Phi) is 2.45. The van der Waals surface area contributed by atoms with Gasteiger partial charge < -0.3 is 5.11 Å². The Morgan fingerprint density at radius 3 is 2.50 bits per heavy atom. The van der Waals surface area contributed by atoms with E-state index in [9.17, 15) is 5.11 Å². The van der Waals surface area contributed by atoms with Gasteiger partial charge in [-0.25, -0.2) is 9.97 Å². The maximum absolute atomic E-state index is 9.17. The number of aromatic hydroxyl groups is 1. The van der Waals surface area contributed by atoms with Crippen LogP contribution in [0.25, 0.3) is 11.3 Å². The van der Waals surface area contributed by atoms with Gasteiger partial charge in [-0.05, 0) is 15.9 Å².